The van der Waals surface area contributed by atoms with Crippen molar-refractivity contribution < 1.29 is 22.6 Å². The normalized spacial score (nSPS) is 11.6. The maximum absolute atomic E-state index is 13.2. The summed E-state index contributed by atoms with van der Waals surface area (Å²) >= 11 is 5.07. The highest BCUT2D eigenvalue weighted by Crippen LogP contribution is 2.34. The van der Waals surface area contributed by atoms with Gasteiger partial charge in [-0.1, -0.05) is 0 Å². The van der Waals surface area contributed by atoms with Crippen molar-refractivity contribution in [1.82, 2.24) is 14.3 Å². The molecule has 126 valence electrons. The molecule has 0 saturated heterocycles. The highest BCUT2D eigenvalue weighted by atomic mass is 32.1. The van der Waals surface area contributed by atoms with Crippen LogP contribution in [0.15, 0.2) is 18.2 Å². The minimum Gasteiger partial charge on any atom is -0.494 e. The molecule has 0 bridgehead atoms. The van der Waals surface area contributed by atoms with E-state index < -0.39 is 12.0 Å². The highest BCUT2D eigenvalue weighted by molar-refractivity contribution is 7.71. The van der Waals surface area contributed by atoms with Crippen LogP contribution in [-0.2, 0) is 13.2 Å². The molecule has 5 nitrogen and oxygen atoms in total. The van der Waals surface area contributed by atoms with E-state index in [9.17, 15) is 13.2 Å². The Morgan fingerprint density at radius 3 is 2.39 bits per heavy atom. The third-order valence-electron chi connectivity index (χ3n) is 2.96. The van der Waals surface area contributed by atoms with Gasteiger partial charge in [0.25, 0.3) is 0 Å². The molecule has 0 fully saturated rings. The van der Waals surface area contributed by atoms with E-state index in [2.05, 4.69) is 5.10 Å². The van der Waals surface area contributed by atoms with Crippen molar-refractivity contribution in [3.63, 3.8) is 0 Å². The molecular weight excluding hydrogens is 331 g/mol. The number of nitrogens with zero attached hydrogens (tertiary/aromatic N) is 3. The first-order chi connectivity index (χ1) is 10.8. The van der Waals surface area contributed by atoms with E-state index in [-0.39, 0.29) is 22.8 Å². The molecule has 0 N–H and O–H groups in total. The summed E-state index contributed by atoms with van der Waals surface area (Å²) in [6.07, 6.45) is -4.64. The van der Waals surface area contributed by atoms with Gasteiger partial charge >= 0.3 is 6.18 Å². The van der Waals surface area contributed by atoms with E-state index in [0.29, 0.717) is 12.4 Å². The van der Waals surface area contributed by atoms with Crippen molar-refractivity contribution in [3.8, 4) is 17.2 Å². The average molecular weight is 347 g/mol. The molecule has 0 aliphatic carbocycles. The van der Waals surface area contributed by atoms with Gasteiger partial charge in [0.05, 0.1) is 18.9 Å². The van der Waals surface area contributed by atoms with Crippen molar-refractivity contribution >= 4 is 12.2 Å². The van der Waals surface area contributed by atoms with Crippen LogP contribution < -0.4 is 9.47 Å². The van der Waals surface area contributed by atoms with Crippen molar-refractivity contribution in [3.05, 3.63) is 28.8 Å². The molecular formula is C14H16F3N3O2S. The lowest BCUT2D eigenvalue weighted by Gasteiger charge is -2.15. The van der Waals surface area contributed by atoms with Gasteiger partial charge in [-0.05, 0) is 38.2 Å². The maximum atomic E-state index is 13.2. The van der Waals surface area contributed by atoms with E-state index in [0.717, 1.165) is 9.25 Å². The molecule has 9 heteroatoms. The monoisotopic (exact) mass is 347 g/mol. The third-order valence-corrected chi connectivity index (χ3v) is 3.41. The van der Waals surface area contributed by atoms with Crippen molar-refractivity contribution in [2.75, 3.05) is 13.2 Å². The second-order valence-electron chi connectivity index (χ2n) is 4.56. The Hall–Kier alpha value is -2.03. The van der Waals surface area contributed by atoms with Crippen LogP contribution in [0.25, 0.3) is 5.69 Å². The minimum atomic E-state index is -4.64. The topological polar surface area (TPSA) is 41.2 Å². The molecule has 0 atom stereocenters. The van der Waals surface area contributed by atoms with E-state index in [1.54, 1.807) is 13.0 Å². The minimum absolute atomic E-state index is 0.0811. The number of ether oxygens (including phenoxy) is 2. The van der Waals surface area contributed by atoms with Crippen LogP contribution in [0.4, 0.5) is 13.2 Å². The number of benzene rings is 1. The average Bonchev–Trinajstić information content (AvgIpc) is 2.76. The summed E-state index contributed by atoms with van der Waals surface area (Å²) < 4.78 is 52.3. The van der Waals surface area contributed by atoms with Gasteiger partial charge in [-0.15, -0.1) is 5.10 Å². The zero-order chi connectivity index (χ0) is 17.2. The number of aromatic nitrogens is 3. The summed E-state index contributed by atoms with van der Waals surface area (Å²) in [5.74, 6) is -0.355. The van der Waals surface area contributed by atoms with Gasteiger partial charge in [0.2, 0.25) is 10.6 Å². The molecule has 0 unspecified atom stereocenters. The van der Waals surface area contributed by atoms with Gasteiger partial charge in [-0.2, -0.15) is 13.2 Å². The summed E-state index contributed by atoms with van der Waals surface area (Å²) in [5.41, 5.74) is 0.167. The summed E-state index contributed by atoms with van der Waals surface area (Å²) in [7, 11) is 1.36. The van der Waals surface area contributed by atoms with Crippen LogP contribution in [0.3, 0.4) is 0 Å². The first kappa shape index (κ1) is 17.3. The molecule has 0 aliphatic heterocycles. The fourth-order valence-electron chi connectivity index (χ4n) is 2.07. The molecule has 1 heterocycles. The summed E-state index contributed by atoms with van der Waals surface area (Å²) in [5, 5.41) is 3.48. The van der Waals surface area contributed by atoms with Crippen LogP contribution in [-0.4, -0.2) is 27.6 Å². The van der Waals surface area contributed by atoms with E-state index in [1.165, 1.54) is 19.2 Å². The van der Waals surface area contributed by atoms with E-state index in [1.807, 2.05) is 6.92 Å². The zero-order valence-corrected chi connectivity index (χ0v) is 13.7. The van der Waals surface area contributed by atoms with Crippen LogP contribution in [0, 0.1) is 4.77 Å². The first-order valence-electron chi connectivity index (χ1n) is 6.92. The summed E-state index contributed by atoms with van der Waals surface area (Å²) in [4.78, 5) is 0. The SMILES string of the molecule is CCOc1ccc(-n2c(C(F)(F)F)nn(C)c2=S)c(OCC)c1. The number of alkyl halides is 3. The lowest BCUT2D eigenvalue weighted by atomic mass is 10.2. The molecule has 0 amide bonds. The van der Waals surface area contributed by atoms with Crippen molar-refractivity contribution in [1.29, 1.82) is 0 Å². The molecule has 1 aromatic heterocycles. The van der Waals surface area contributed by atoms with Gasteiger partial charge in [0.15, 0.2) is 0 Å². The molecule has 0 aliphatic rings. The smallest absolute Gasteiger partial charge is 0.452 e. The molecule has 2 aromatic rings. The van der Waals surface area contributed by atoms with Crippen LogP contribution >= 0.6 is 12.2 Å². The Morgan fingerprint density at radius 1 is 1.17 bits per heavy atom. The summed E-state index contributed by atoms with van der Waals surface area (Å²) in [6, 6.07) is 4.58. The predicted octanol–water partition coefficient (Wildman–Crippen LogP) is 3.76. The van der Waals surface area contributed by atoms with Gasteiger partial charge in [0, 0.05) is 13.1 Å². The molecule has 0 radical (unpaired) electrons. The van der Waals surface area contributed by atoms with Gasteiger partial charge in [-0.3, -0.25) is 4.57 Å². The molecule has 23 heavy (non-hydrogen) atoms. The second-order valence-corrected chi connectivity index (χ2v) is 4.92. The summed E-state index contributed by atoms with van der Waals surface area (Å²) in [6.45, 7) is 4.28. The van der Waals surface area contributed by atoms with E-state index in [4.69, 9.17) is 21.7 Å². The molecule has 0 saturated carbocycles. The fourth-order valence-corrected chi connectivity index (χ4v) is 2.30. The number of rotatable bonds is 5. The largest absolute Gasteiger partial charge is 0.494 e. The molecule has 1 aromatic carbocycles. The van der Waals surface area contributed by atoms with Crippen molar-refractivity contribution in [2.24, 2.45) is 7.05 Å². The first-order valence-corrected chi connectivity index (χ1v) is 7.33. The maximum Gasteiger partial charge on any atom is 0.452 e. The van der Waals surface area contributed by atoms with Crippen molar-refractivity contribution in [2.45, 2.75) is 20.0 Å². The second kappa shape index (κ2) is 6.61. The molecule has 2 rings (SSSR count). The van der Waals surface area contributed by atoms with Crippen LogP contribution in [0.5, 0.6) is 11.5 Å². The number of halogens is 3. The zero-order valence-electron chi connectivity index (χ0n) is 12.8. The standard InChI is InChI=1S/C14H16F3N3O2S/c1-4-21-9-6-7-10(11(8-9)22-5-2)20-12(14(15,16)17)18-19(3)13(20)23/h6-8H,4-5H2,1-3H3. The van der Waals surface area contributed by atoms with Gasteiger partial charge in [0.1, 0.15) is 11.5 Å². The highest BCUT2D eigenvalue weighted by Gasteiger charge is 2.39. The van der Waals surface area contributed by atoms with E-state index >= 15 is 0 Å². The lowest BCUT2D eigenvalue weighted by Crippen LogP contribution is -2.15. The third kappa shape index (κ3) is 3.49. The van der Waals surface area contributed by atoms with Gasteiger partial charge < -0.3 is 9.47 Å². The Morgan fingerprint density at radius 2 is 1.83 bits per heavy atom. The van der Waals surface area contributed by atoms with Crippen LogP contribution in [0.1, 0.15) is 19.7 Å². The Bertz CT molecular complexity index is 753. The predicted molar refractivity (Wildman–Crippen MR) is 80.7 cm³/mol. The Balaban J connectivity index is 2.69. The number of hydrogen-bond donors (Lipinski definition) is 0. The fraction of sp³-hybridized carbons (Fsp3) is 0.429. The number of hydrogen-bond acceptors (Lipinski definition) is 4. The quantitative estimate of drug-likeness (QED) is 0.773. The van der Waals surface area contributed by atoms with Gasteiger partial charge in [-0.25, -0.2) is 4.68 Å². The number of aryl methyl sites for hydroxylation is 1. The Labute approximate surface area is 136 Å². The van der Waals surface area contributed by atoms with Crippen LogP contribution in [0.2, 0.25) is 0 Å². The molecule has 0 spiro atoms. The Kier molecular flexibility index (Phi) is 4.98. The lowest BCUT2D eigenvalue weighted by molar-refractivity contribution is -0.146.